The molecule has 2 nitrogen and oxygen atoms in total. The zero-order valence-electron chi connectivity index (χ0n) is 7.93. The van der Waals surface area contributed by atoms with Crippen LogP contribution in [0.5, 0.6) is 0 Å². The molecule has 1 saturated heterocycles. The Hall–Kier alpha value is 0.137. The summed E-state index contributed by atoms with van der Waals surface area (Å²) in [4.78, 5) is 0. The van der Waals surface area contributed by atoms with E-state index in [2.05, 4.69) is 24.6 Å². The molecule has 66 valence electrons. The molecule has 1 unspecified atom stereocenters. The number of hydrogen-bond acceptors (Lipinski definition) is 2. The zero-order valence-corrected chi connectivity index (χ0v) is 8.93. The molecule has 1 atom stereocenters. The fourth-order valence-corrected chi connectivity index (χ4v) is 5.85. The van der Waals surface area contributed by atoms with Gasteiger partial charge in [-0.05, 0) is 18.5 Å². The molecule has 0 radical (unpaired) electrons. The van der Waals surface area contributed by atoms with Crippen LogP contribution in [0, 0.1) is 5.92 Å². The van der Waals surface area contributed by atoms with E-state index < -0.39 is 8.24 Å². The van der Waals surface area contributed by atoms with Gasteiger partial charge in [0.05, 0.1) is 0 Å². The zero-order chi connectivity index (χ0) is 8.48. The van der Waals surface area contributed by atoms with Gasteiger partial charge in [0.1, 0.15) is 8.24 Å². The molecule has 0 bridgehead atoms. The van der Waals surface area contributed by atoms with E-state index in [0.717, 1.165) is 19.0 Å². The van der Waals surface area contributed by atoms with Gasteiger partial charge in [0.25, 0.3) is 0 Å². The third-order valence-corrected chi connectivity index (χ3v) is 6.45. The molecule has 1 aliphatic rings. The number of rotatable bonds is 2. The van der Waals surface area contributed by atoms with Crippen LogP contribution in [0.25, 0.3) is 0 Å². The molecule has 1 fully saturated rings. The smallest absolute Gasteiger partial charge is 0.122 e. The Balaban J connectivity index is 2.51. The van der Waals surface area contributed by atoms with Crippen molar-refractivity contribution in [1.82, 2.24) is 4.57 Å². The van der Waals surface area contributed by atoms with Crippen LogP contribution in [0.4, 0.5) is 0 Å². The van der Waals surface area contributed by atoms with Crippen molar-refractivity contribution in [1.29, 1.82) is 0 Å². The maximum atomic E-state index is 5.56. The van der Waals surface area contributed by atoms with Crippen molar-refractivity contribution >= 4 is 8.24 Å². The lowest BCUT2D eigenvalue weighted by Gasteiger charge is -2.28. The van der Waals surface area contributed by atoms with E-state index in [-0.39, 0.29) is 0 Å². The Morgan fingerprint density at radius 1 is 1.55 bits per heavy atom. The summed E-state index contributed by atoms with van der Waals surface area (Å²) in [5, 5.41) is 0. The monoisotopic (exact) mass is 172 g/mol. The Morgan fingerprint density at radius 3 is 2.55 bits per heavy atom. The summed E-state index contributed by atoms with van der Waals surface area (Å²) in [5.74, 6) is 0.906. The van der Waals surface area contributed by atoms with Crippen molar-refractivity contribution < 1.29 is 0 Å². The molecule has 0 aromatic heterocycles. The minimum absolute atomic E-state index is 0.823. The van der Waals surface area contributed by atoms with E-state index in [1.807, 2.05) is 0 Å². The highest BCUT2D eigenvalue weighted by molar-refractivity contribution is 6.75. The van der Waals surface area contributed by atoms with Gasteiger partial charge in [-0.1, -0.05) is 20.0 Å². The van der Waals surface area contributed by atoms with Crippen LogP contribution in [0.2, 0.25) is 19.1 Å². The van der Waals surface area contributed by atoms with Gasteiger partial charge < -0.3 is 10.3 Å². The molecule has 1 rings (SSSR count). The number of nitrogens with two attached hydrogens (primary N) is 1. The summed E-state index contributed by atoms with van der Waals surface area (Å²) in [7, 11) is -1.00. The molecule has 0 aliphatic carbocycles. The Labute approximate surface area is 70.8 Å². The van der Waals surface area contributed by atoms with E-state index in [1.54, 1.807) is 0 Å². The van der Waals surface area contributed by atoms with Gasteiger partial charge in [0.15, 0.2) is 0 Å². The first kappa shape index (κ1) is 9.23. The predicted octanol–water partition coefficient (Wildman–Crippen LogP) is 1.10. The molecule has 1 heterocycles. The maximum absolute atomic E-state index is 5.56. The Morgan fingerprint density at radius 2 is 2.18 bits per heavy atom. The molecule has 0 aromatic rings. The summed E-state index contributed by atoms with van der Waals surface area (Å²) in [6.45, 7) is 10.5. The van der Waals surface area contributed by atoms with Gasteiger partial charge in [0.2, 0.25) is 0 Å². The first-order chi connectivity index (χ1) is 5.06. The first-order valence-electron chi connectivity index (χ1n) is 4.51. The second kappa shape index (κ2) is 3.25. The third-order valence-electron chi connectivity index (χ3n) is 2.64. The van der Waals surface area contributed by atoms with Crippen LogP contribution in [0.1, 0.15) is 6.92 Å². The minimum atomic E-state index is -1.00. The van der Waals surface area contributed by atoms with Gasteiger partial charge in [0, 0.05) is 13.1 Å². The summed E-state index contributed by atoms with van der Waals surface area (Å²) in [6, 6.07) is 1.45. The molecule has 0 amide bonds. The van der Waals surface area contributed by atoms with Crippen LogP contribution in [-0.2, 0) is 0 Å². The van der Waals surface area contributed by atoms with E-state index >= 15 is 0 Å². The number of nitrogens with zero attached hydrogens (tertiary/aromatic N) is 1. The van der Waals surface area contributed by atoms with Gasteiger partial charge in [-0.3, -0.25) is 0 Å². The second-order valence-electron chi connectivity index (χ2n) is 4.36. The van der Waals surface area contributed by atoms with E-state index in [9.17, 15) is 0 Å². The maximum Gasteiger partial charge on any atom is 0.122 e. The normalized spacial score (nSPS) is 31.1. The van der Waals surface area contributed by atoms with Gasteiger partial charge in [-0.25, -0.2) is 0 Å². The van der Waals surface area contributed by atoms with Gasteiger partial charge >= 0.3 is 0 Å². The van der Waals surface area contributed by atoms with Crippen LogP contribution in [0.3, 0.4) is 0 Å². The summed E-state index contributed by atoms with van der Waals surface area (Å²) in [5.41, 5.74) is 5.56. The molecule has 0 aromatic carbocycles. The SMILES string of the molecule is CC1CN(CCN)[Si](C)(C)C1. The van der Waals surface area contributed by atoms with E-state index in [1.165, 1.54) is 12.6 Å². The van der Waals surface area contributed by atoms with E-state index in [4.69, 9.17) is 5.73 Å². The standard InChI is InChI=1S/C8H20N2Si/c1-8-6-10(5-4-9)11(2,3)7-8/h8H,4-7,9H2,1-3H3. The van der Waals surface area contributed by atoms with Crippen LogP contribution in [-0.4, -0.2) is 32.4 Å². The quantitative estimate of drug-likeness (QED) is 0.632. The lowest BCUT2D eigenvalue weighted by atomic mass is 10.2. The van der Waals surface area contributed by atoms with Crippen molar-refractivity contribution in [3.63, 3.8) is 0 Å². The van der Waals surface area contributed by atoms with Crippen LogP contribution >= 0.6 is 0 Å². The lowest BCUT2D eigenvalue weighted by Crippen LogP contribution is -2.45. The highest BCUT2D eigenvalue weighted by Crippen LogP contribution is 2.29. The third kappa shape index (κ3) is 2.04. The minimum Gasteiger partial charge on any atom is -0.329 e. The summed E-state index contributed by atoms with van der Waals surface area (Å²) >= 11 is 0. The highest BCUT2D eigenvalue weighted by Gasteiger charge is 2.37. The Bertz CT molecular complexity index is 136. The first-order valence-corrected chi connectivity index (χ1v) is 7.67. The molecule has 3 heteroatoms. The van der Waals surface area contributed by atoms with Crippen molar-refractivity contribution in [3.8, 4) is 0 Å². The summed E-state index contributed by atoms with van der Waals surface area (Å²) in [6.07, 6.45) is 0. The molecule has 0 spiro atoms. The molecule has 2 N–H and O–H groups in total. The molecule has 1 aliphatic heterocycles. The molecular weight excluding hydrogens is 152 g/mol. The second-order valence-corrected chi connectivity index (χ2v) is 9.02. The lowest BCUT2D eigenvalue weighted by molar-refractivity contribution is 0.426. The number of hydrogen-bond donors (Lipinski definition) is 1. The Kier molecular flexibility index (Phi) is 2.73. The average molecular weight is 172 g/mol. The average Bonchev–Trinajstić information content (AvgIpc) is 2.07. The molecule has 11 heavy (non-hydrogen) atoms. The summed E-state index contributed by atoms with van der Waals surface area (Å²) < 4.78 is 2.64. The molecular formula is C8H20N2Si. The van der Waals surface area contributed by atoms with Crippen molar-refractivity contribution in [2.75, 3.05) is 19.6 Å². The van der Waals surface area contributed by atoms with Crippen molar-refractivity contribution in [2.45, 2.75) is 26.1 Å². The highest BCUT2D eigenvalue weighted by atomic mass is 28.3. The van der Waals surface area contributed by atoms with Gasteiger partial charge in [-0.2, -0.15) is 0 Å². The fraction of sp³-hybridized carbons (Fsp3) is 1.00. The molecule has 0 saturated carbocycles. The largest absolute Gasteiger partial charge is 0.329 e. The van der Waals surface area contributed by atoms with E-state index in [0.29, 0.717) is 0 Å². The topological polar surface area (TPSA) is 29.3 Å². The van der Waals surface area contributed by atoms with Crippen LogP contribution in [0.15, 0.2) is 0 Å². The van der Waals surface area contributed by atoms with Gasteiger partial charge in [-0.15, -0.1) is 0 Å². The fourth-order valence-electron chi connectivity index (χ4n) is 2.22. The van der Waals surface area contributed by atoms with Crippen molar-refractivity contribution in [2.24, 2.45) is 11.7 Å². The van der Waals surface area contributed by atoms with Crippen LogP contribution < -0.4 is 5.73 Å². The predicted molar refractivity (Wildman–Crippen MR) is 52.1 cm³/mol. The van der Waals surface area contributed by atoms with Crippen molar-refractivity contribution in [3.05, 3.63) is 0 Å².